The highest BCUT2D eigenvalue weighted by atomic mass is 32.1. The molecule has 2 heterocycles. The van der Waals surface area contributed by atoms with Crippen molar-refractivity contribution in [1.82, 2.24) is 20.1 Å². The van der Waals surface area contributed by atoms with Gasteiger partial charge in [-0.3, -0.25) is 14.7 Å². The van der Waals surface area contributed by atoms with Crippen LogP contribution in [0.5, 0.6) is 0 Å². The average molecular weight is 356 g/mol. The fourth-order valence-electron chi connectivity index (χ4n) is 2.57. The van der Waals surface area contributed by atoms with Crippen molar-refractivity contribution in [3.63, 3.8) is 0 Å². The van der Waals surface area contributed by atoms with Crippen molar-refractivity contribution >= 4 is 17.2 Å². The van der Waals surface area contributed by atoms with Crippen LogP contribution >= 0.6 is 11.3 Å². The Balaban J connectivity index is 1.89. The van der Waals surface area contributed by atoms with E-state index in [4.69, 9.17) is 0 Å². The third-order valence-corrected chi connectivity index (χ3v) is 4.56. The van der Waals surface area contributed by atoms with E-state index in [0.29, 0.717) is 16.4 Å². The number of thiazole rings is 1. The molecule has 0 aliphatic carbocycles. The Labute approximate surface area is 149 Å². The Bertz CT molecular complexity index is 938. The molecule has 0 aliphatic heterocycles. The number of aromatic nitrogens is 3. The lowest BCUT2D eigenvalue weighted by Crippen LogP contribution is -2.33. The van der Waals surface area contributed by atoms with Crippen LogP contribution in [-0.2, 0) is 11.2 Å². The molecule has 0 atom stereocenters. The average Bonchev–Trinajstić information content (AvgIpc) is 3.15. The van der Waals surface area contributed by atoms with Crippen molar-refractivity contribution in [3.8, 4) is 16.4 Å². The SMILES string of the molecule is Cc1[nH]n(-c2nc(-c3ccccc3)cs2)c(=O)c1CC(=O)NC(C)C. The van der Waals surface area contributed by atoms with Crippen LogP contribution in [-0.4, -0.2) is 26.7 Å². The van der Waals surface area contributed by atoms with Gasteiger partial charge in [-0.2, -0.15) is 4.68 Å². The molecule has 7 heteroatoms. The Morgan fingerprint density at radius 3 is 2.72 bits per heavy atom. The van der Waals surface area contributed by atoms with E-state index < -0.39 is 0 Å². The molecular weight excluding hydrogens is 336 g/mol. The number of H-pyrrole nitrogens is 1. The van der Waals surface area contributed by atoms with Crippen LogP contribution in [0.25, 0.3) is 16.4 Å². The van der Waals surface area contributed by atoms with Crippen molar-refractivity contribution < 1.29 is 4.79 Å². The first kappa shape index (κ1) is 17.2. The van der Waals surface area contributed by atoms with Crippen LogP contribution in [0.3, 0.4) is 0 Å². The van der Waals surface area contributed by atoms with Gasteiger partial charge in [-0.1, -0.05) is 30.3 Å². The van der Waals surface area contributed by atoms with E-state index >= 15 is 0 Å². The molecule has 3 rings (SSSR count). The summed E-state index contributed by atoms with van der Waals surface area (Å²) < 4.78 is 1.41. The first-order valence-electron chi connectivity index (χ1n) is 8.07. The van der Waals surface area contributed by atoms with E-state index in [1.165, 1.54) is 16.0 Å². The monoisotopic (exact) mass is 356 g/mol. The molecule has 0 saturated heterocycles. The molecule has 0 spiro atoms. The number of carbonyl (C=O) groups excluding carboxylic acids is 1. The number of aryl methyl sites for hydroxylation is 1. The quantitative estimate of drug-likeness (QED) is 0.737. The number of carbonyl (C=O) groups is 1. The topological polar surface area (TPSA) is 79.8 Å². The van der Waals surface area contributed by atoms with Gasteiger partial charge in [0.25, 0.3) is 5.56 Å². The largest absolute Gasteiger partial charge is 0.354 e. The molecule has 0 radical (unpaired) electrons. The summed E-state index contributed by atoms with van der Waals surface area (Å²) in [5.41, 5.74) is 2.73. The molecule has 2 aromatic heterocycles. The summed E-state index contributed by atoms with van der Waals surface area (Å²) in [7, 11) is 0. The molecule has 2 N–H and O–H groups in total. The van der Waals surface area contributed by atoms with Gasteiger partial charge in [-0.15, -0.1) is 11.3 Å². The fourth-order valence-corrected chi connectivity index (χ4v) is 3.36. The number of nitrogens with zero attached hydrogens (tertiary/aromatic N) is 2. The van der Waals surface area contributed by atoms with Gasteiger partial charge in [0.15, 0.2) is 0 Å². The van der Waals surface area contributed by atoms with Gasteiger partial charge >= 0.3 is 0 Å². The minimum Gasteiger partial charge on any atom is -0.354 e. The number of hydrogen-bond donors (Lipinski definition) is 2. The lowest BCUT2D eigenvalue weighted by Gasteiger charge is -2.06. The first-order chi connectivity index (χ1) is 12.0. The van der Waals surface area contributed by atoms with Crippen molar-refractivity contribution in [1.29, 1.82) is 0 Å². The highest BCUT2D eigenvalue weighted by molar-refractivity contribution is 7.12. The zero-order valence-corrected chi connectivity index (χ0v) is 15.2. The lowest BCUT2D eigenvalue weighted by atomic mass is 10.2. The van der Waals surface area contributed by atoms with Gasteiger partial charge in [-0.05, 0) is 20.8 Å². The Morgan fingerprint density at radius 1 is 1.32 bits per heavy atom. The second-order valence-corrected chi connectivity index (χ2v) is 6.97. The van der Waals surface area contributed by atoms with Gasteiger partial charge < -0.3 is 5.32 Å². The number of benzene rings is 1. The summed E-state index contributed by atoms with van der Waals surface area (Å²) in [6, 6.07) is 9.84. The van der Waals surface area contributed by atoms with Crippen molar-refractivity contribution in [2.45, 2.75) is 33.2 Å². The van der Waals surface area contributed by atoms with Crippen LogP contribution in [0, 0.1) is 6.92 Å². The summed E-state index contributed by atoms with van der Waals surface area (Å²) in [5, 5.41) is 8.30. The molecule has 1 aromatic carbocycles. The summed E-state index contributed by atoms with van der Waals surface area (Å²) in [6.45, 7) is 5.57. The normalized spacial score (nSPS) is 11.0. The third kappa shape index (κ3) is 3.71. The molecule has 130 valence electrons. The molecule has 0 fully saturated rings. The maximum Gasteiger partial charge on any atom is 0.277 e. The van der Waals surface area contributed by atoms with Crippen LogP contribution < -0.4 is 10.9 Å². The second kappa shape index (κ2) is 7.06. The van der Waals surface area contributed by atoms with Gasteiger partial charge in [0.2, 0.25) is 11.0 Å². The third-order valence-electron chi connectivity index (χ3n) is 3.73. The van der Waals surface area contributed by atoms with Gasteiger partial charge in [0.05, 0.1) is 12.1 Å². The van der Waals surface area contributed by atoms with Crippen LogP contribution in [0.2, 0.25) is 0 Å². The van der Waals surface area contributed by atoms with Crippen LogP contribution in [0.1, 0.15) is 25.1 Å². The number of hydrogen-bond acceptors (Lipinski definition) is 4. The van der Waals surface area contributed by atoms with E-state index in [1.807, 2.05) is 49.6 Å². The lowest BCUT2D eigenvalue weighted by molar-refractivity contribution is -0.120. The Hall–Kier alpha value is -2.67. The fraction of sp³-hybridized carbons (Fsp3) is 0.278. The maximum absolute atomic E-state index is 12.7. The summed E-state index contributed by atoms with van der Waals surface area (Å²) in [5.74, 6) is -0.162. The van der Waals surface area contributed by atoms with E-state index in [1.54, 1.807) is 6.92 Å². The minimum absolute atomic E-state index is 0.0429. The summed E-state index contributed by atoms with van der Waals surface area (Å²) in [6.07, 6.45) is 0.0588. The smallest absolute Gasteiger partial charge is 0.277 e. The van der Waals surface area contributed by atoms with Crippen molar-refractivity contribution in [3.05, 3.63) is 57.3 Å². The predicted octanol–water partition coefficient (Wildman–Crippen LogP) is 2.66. The second-order valence-electron chi connectivity index (χ2n) is 6.14. The van der Waals surface area contributed by atoms with Gasteiger partial charge in [0, 0.05) is 28.2 Å². The van der Waals surface area contributed by atoms with E-state index in [0.717, 1.165) is 11.3 Å². The highest BCUT2D eigenvalue weighted by Gasteiger charge is 2.18. The number of amides is 1. The number of aromatic amines is 1. The number of nitrogens with one attached hydrogen (secondary N) is 2. The zero-order chi connectivity index (χ0) is 18.0. The molecule has 0 unspecified atom stereocenters. The Morgan fingerprint density at radius 2 is 2.04 bits per heavy atom. The summed E-state index contributed by atoms with van der Waals surface area (Å²) >= 11 is 1.38. The van der Waals surface area contributed by atoms with Crippen LogP contribution in [0.15, 0.2) is 40.5 Å². The van der Waals surface area contributed by atoms with E-state index in [9.17, 15) is 9.59 Å². The highest BCUT2D eigenvalue weighted by Crippen LogP contribution is 2.23. The minimum atomic E-state index is -0.231. The van der Waals surface area contributed by atoms with E-state index in [-0.39, 0.29) is 23.9 Å². The molecule has 3 aromatic rings. The molecule has 25 heavy (non-hydrogen) atoms. The van der Waals surface area contributed by atoms with Crippen molar-refractivity contribution in [2.24, 2.45) is 0 Å². The molecule has 0 bridgehead atoms. The van der Waals surface area contributed by atoms with E-state index in [2.05, 4.69) is 15.4 Å². The van der Waals surface area contributed by atoms with Crippen molar-refractivity contribution in [2.75, 3.05) is 0 Å². The zero-order valence-electron chi connectivity index (χ0n) is 14.4. The standard InChI is InChI=1S/C18H20N4O2S/c1-11(2)19-16(23)9-14-12(3)21-22(17(14)24)18-20-15(10-25-18)13-7-5-4-6-8-13/h4-8,10-11,21H,9H2,1-3H3,(H,19,23). The van der Waals surface area contributed by atoms with Gasteiger partial charge in [0.1, 0.15) is 0 Å². The summed E-state index contributed by atoms with van der Waals surface area (Å²) in [4.78, 5) is 29.2. The Kier molecular flexibility index (Phi) is 4.85. The molecule has 0 saturated carbocycles. The number of rotatable bonds is 5. The molecule has 1 amide bonds. The van der Waals surface area contributed by atoms with Crippen LogP contribution in [0.4, 0.5) is 0 Å². The predicted molar refractivity (Wildman–Crippen MR) is 99.2 cm³/mol. The maximum atomic E-state index is 12.7. The molecule has 6 nitrogen and oxygen atoms in total. The first-order valence-corrected chi connectivity index (χ1v) is 8.95. The van der Waals surface area contributed by atoms with Gasteiger partial charge in [-0.25, -0.2) is 4.98 Å². The molecular formula is C18H20N4O2S. The molecule has 0 aliphatic rings.